The van der Waals surface area contributed by atoms with E-state index in [1.165, 1.54) is 0 Å². The molecular formula is C16H18ClN3O. The second-order valence-electron chi connectivity index (χ2n) is 4.98. The molecule has 1 amide bonds. The van der Waals surface area contributed by atoms with E-state index in [0.717, 1.165) is 11.3 Å². The minimum atomic E-state index is -0.161. The maximum Gasteiger partial charge on any atom is 0.253 e. The topological polar surface area (TPSA) is 58.4 Å². The van der Waals surface area contributed by atoms with Crippen LogP contribution in [0.1, 0.15) is 15.9 Å². The first kappa shape index (κ1) is 15.2. The van der Waals surface area contributed by atoms with Gasteiger partial charge in [0.25, 0.3) is 5.91 Å². The summed E-state index contributed by atoms with van der Waals surface area (Å²) in [6.07, 6.45) is 0. The lowest BCUT2D eigenvalue weighted by atomic mass is 10.1. The summed E-state index contributed by atoms with van der Waals surface area (Å²) >= 11 is 5.93. The third kappa shape index (κ3) is 3.89. The van der Waals surface area contributed by atoms with Gasteiger partial charge in [-0.25, -0.2) is 0 Å². The number of hydrogen-bond acceptors (Lipinski definition) is 3. The fraction of sp³-hybridized carbons (Fsp3) is 0.188. The maximum absolute atomic E-state index is 12.4. The number of nitrogens with two attached hydrogens (primary N) is 1. The van der Waals surface area contributed by atoms with Crippen molar-refractivity contribution in [3.63, 3.8) is 0 Å². The summed E-state index contributed by atoms with van der Waals surface area (Å²) in [6, 6.07) is 12.7. The Labute approximate surface area is 129 Å². The van der Waals surface area contributed by atoms with Gasteiger partial charge in [-0.3, -0.25) is 4.79 Å². The quantitative estimate of drug-likeness (QED) is 0.854. The molecule has 4 nitrogen and oxygen atoms in total. The van der Waals surface area contributed by atoms with Crippen molar-refractivity contribution in [3.05, 3.63) is 58.6 Å². The molecule has 0 saturated carbocycles. The smallest absolute Gasteiger partial charge is 0.253 e. The van der Waals surface area contributed by atoms with Crippen LogP contribution in [-0.2, 0) is 6.54 Å². The number of hydrogen-bond donors (Lipinski definition) is 2. The van der Waals surface area contributed by atoms with Gasteiger partial charge in [-0.05, 0) is 35.9 Å². The lowest BCUT2D eigenvalue weighted by Gasteiger charge is -2.17. The summed E-state index contributed by atoms with van der Waals surface area (Å²) in [7, 11) is 3.78. The van der Waals surface area contributed by atoms with Crippen molar-refractivity contribution >= 4 is 28.9 Å². The zero-order valence-electron chi connectivity index (χ0n) is 12.1. The molecule has 3 N–H and O–H groups in total. The van der Waals surface area contributed by atoms with Gasteiger partial charge in [0.05, 0.1) is 5.56 Å². The number of halogens is 1. The van der Waals surface area contributed by atoms with Crippen LogP contribution in [0.15, 0.2) is 42.5 Å². The monoisotopic (exact) mass is 303 g/mol. The van der Waals surface area contributed by atoms with E-state index in [9.17, 15) is 4.79 Å². The molecule has 2 rings (SSSR count). The van der Waals surface area contributed by atoms with E-state index in [1.807, 2.05) is 43.3 Å². The number of amides is 1. The van der Waals surface area contributed by atoms with Crippen LogP contribution in [0.2, 0.25) is 5.02 Å². The van der Waals surface area contributed by atoms with Gasteiger partial charge >= 0.3 is 0 Å². The van der Waals surface area contributed by atoms with E-state index in [2.05, 4.69) is 5.32 Å². The van der Waals surface area contributed by atoms with Gasteiger partial charge in [-0.15, -0.1) is 0 Å². The summed E-state index contributed by atoms with van der Waals surface area (Å²) in [5.74, 6) is -0.161. The van der Waals surface area contributed by atoms with E-state index in [0.29, 0.717) is 22.8 Å². The van der Waals surface area contributed by atoms with E-state index >= 15 is 0 Å². The van der Waals surface area contributed by atoms with E-state index in [1.54, 1.807) is 18.2 Å². The molecule has 2 aromatic rings. The van der Waals surface area contributed by atoms with Gasteiger partial charge < -0.3 is 16.0 Å². The Bertz CT molecular complexity index is 656. The second-order valence-corrected chi connectivity index (χ2v) is 5.42. The van der Waals surface area contributed by atoms with Crippen molar-refractivity contribution in [2.24, 2.45) is 0 Å². The first-order chi connectivity index (χ1) is 9.97. The maximum atomic E-state index is 12.4. The highest BCUT2D eigenvalue weighted by Gasteiger charge is 2.13. The third-order valence-corrected chi connectivity index (χ3v) is 3.32. The molecule has 0 saturated heterocycles. The van der Waals surface area contributed by atoms with Crippen LogP contribution in [0.3, 0.4) is 0 Å². The average molecular weight is 304 g/mol. The molecule has 110 valence electrons. The number of nitrogen functional groups attached to an aromatic ring is 1. The van der Waals surface area contributed by atoms with Gasteiger partial charge in [-0.2, -0.15) is 0 Å². The van der Waals surface area contributed by atoms with Crippen molar-refractivity contribution in [1.82, 2.24) is 5.32 Å². The van der Waals surface area contributed by atoms with Crippen LogP contribution >= 0.6 is 11.6 Å². The fourth-order valence-corrected chi connectivity index (χ4v) is 2.26. The number of rotatable bonds is 4. The Morgan fingerprint density at radius 2 is 2.00 bits per heavy atom. The molecule has 0 aliphatic rings. The van der Waals surface area contributed by atoms with Crippen molar-refractivity contribution in [1.29, 1.82) is 0 Å². The molecule has 0 aliphatic heterocycles. The first-order valence-corrected chi connectivity index (χ1v) is 6.94. The molecule has 0 heterocycles. The Kier molecular flexibility index (Phi) is 4.70. The third-order valence-electron chi connectivity index (χ3n) is 3.09. The molecule has 0 aliphatic carbocycles. The minimum absolute atomic E-state index is 0.161. The Balaban J connectivity index is 2.15. The lowest BCUT2D eigenvalue weighted by Crippen LogP contribution is -2.25. The summed E-state index contributed by atoms with van der Waals surface area (Å²) < 4.78 is 0. The highest BCUT2D eigenvalue weighted by atomic mass is 35.5. The molecule has 0 fully saturated rings. The number of carbonyl (C=O) groups excluding carboxylic acids is 1. The average Bonchev–Trinajstić information content (AvgIpc) is 2.44. The van der Waals surface area contributed by atoms with Gasteiger partial charge in [0, 0.05) is 37.0 Å². The molecule has 21 heavy (non-hydrogen) atoms. The number of nitrogens with one attached hydrogen (secondary N) is 1. The predicted octanol–water partition coefficient (Wildman–Crippen LogP) is 2.92. The van der Waals surface area contributed by atoms with Gasteiger partial charge in [0.15, 0.2) is 0 Å². The van der Waals surface area contributed by atoms with Crippen molar-refractivity contribution < 1.29 is 4.79 Å². The van der Waals surface area contributed by atoms with Crippen LogP contribution in [-0.4, -0.2) is 20.0 Å². The standard InChI is InChI=1S/C16H18ClN3O/c1-20(2)15-7-6-13(18)9-14(15)16(21)19-10-11-4-3-5-12(17)8-11/h3-9H,10,18H2,1-2H3,(H,19,21). The Morgan fingerprint density at radius 1 is 1.24 bits per heavy atom. The largest absolute Gasteiger partial charge is 0.399 e. The summed E-state index contributed by atoms with van der Waals surface area (Å²) in [5, 5.41) is 3.54. The Morgan fingerprint density at radius 3 is 2.67 bits per heavy atom. The van der Waals surface area contributed by atoms with Crippen molar-refractivity contribution in [3.8, 4) is 0 Å². The van der Waals surface area contributed by atoms with E-state index in [4.69, 9.17) is 17.3 Å². The predicted molar refractivity (Wildman–Crippen MR) is 87.8 cm³/mol. The van der Waals surface area contributed by atoms with Crippen LogP contribution in [0.25, 0.3) is 0 Å². The minimum Gasteiger partial charge on any atom is -0.399 e. The number of nitrogens with zero attached hydrogens (tertiary/aromatic N) is 1. The summed E-state index contributed by atoms with van der Waals surface area (Å²) in [5.41, 5.74) is 8.67. The van der Waals surface area contributed by atoms with Crippen LogP contribution in [0.5, 0.6) is 0 Å². The molecule has 0 atom stereocenters. The van der Waals surface area contributed by atoms with Crippen molar-refractivity contribution in [2.45, 2.75) is 6.54 Å². The normalized spacial score (nSPS) is 10.2. The fourth-order valence-electron chi connectivity index (χ4n) is 2.05. The van der Waals surface area contributed by atoms with Crippen LogP contribution in [0, 0.1) is 0 Å². The molecule has 0 unspecified atom stereocenters. The lowest BCUT2D eigenvalue weighted by molar-refractivity contribution is 0.0951. The number of benzene rings is 2. The molecular weight excluding hydrogens is 286 g/mol. The number of carbonyl (C=O) groups is 1. The molecule has 2 aromatic carbocycles. The zero-order valence-corrected chi connectivity index (χ0v) is 12.8. The molecule has 0 bridgehead atoms. The summed E-state index contributed by atoms with van der Waals surface area (Å²) in [4.78, 5) is 14.2. The first-order valence-electron chi connectivity index (χ1n) is 6.57. The Hall–Kier alpha value is -2.20. The van der Waals surface area contributed by atoms with Crippen LogP contribution in [0.4, 0.5) is 11.4 Å². The SMILES string of the molecule is CN(C)c1ccc(N)cc1C(=O)NCc1cccc(Cl)c1. The van der Waals surface area contributed by atoms with Crippen molar-refractivity contribution in [2.75, 3.05) is 24.7 Å². The molecule has 5 heteroatoms. The highest BCUT2D eigenvalue weighted by Crippen LogP contribution is 2.21. The van der Waals surface area contributed by atoms with Gasteiger partial charge in [0.1, 0.15) is 0 Å². The number of anilines is 2. The van der Waals surface area contributed by atoms with Gasteiger partial charge in [-0.1, -0.05) is 23.7 Å². The second kappa shape index (κ2) is 6.50. The highest BCUT2D eigenvalue weighted by molar-refractivity contribution is 6.30. The van der Waals surface area contributed by atoms with E-state index in [-0.39, 0.29) is 5.91 Å². The molecule has 0 radical (unpaired) electrons. The molecule has 0 aromatic heterocycles. The zero-order chi connectivity index (χ0) is 15.4. The van der Waals surface area contributed by atoms with Gasteiger partial charge in [0.2, 0.25) is 0 Å². The summed E-state index contributed by atoms with van der Waals surface area (Å²) in [6.45, 7) is 0.418. The molecule has 0 spiro atoms. The van der Waals surface area contributed by atoms with E-state index < -0.39 is 0 Å². The van der Waals surface area contributed by atoms with Crippen LogP contribution < -0.4 is 16.0 Å².